The molecule has 9 rings (SSSR count). The minimum Gasteiger partial charge on any atom is -0.507 e. The molecule has 0 bridgehead atoms. The van der Waals surface area contributed by atoms with E-state index in [9.17, 15) is 5.11 Å². The van der Waals surface area contributed by atoms with E-state index in [1.54, 1.807) is 30.5 Å². The number of phenols is 1. The number of imidazole rings is 1. The van der Waals surface area contributed by atoms with Crippen LogP contribution in [0.3, 0.4) is 0 Å². The third-order valence-electron chi connectivity index (χ3n) is 12.0. The average molecular weight is 845 g/mol. The van der Waals surface area contributed by atoms with Crippen LogP contribution in [0.5, 0.6) is 5.75 Å². The normalized spacial score (nSPS) is 14.9. The third-order valence-corrected chi connectivity index (χ3v) is 12.0. The van der Waals surface area contributed by atoms with Crippen molar-refractivity contribution >= 4 is 11.0 Å². The molecule has 0 aliphatic rings. The number of phenolic OH excluding ortho intramolecular Hbond substituents is 1. The molecule has 0 aliphatic carbocycles. The van der Waals surface area contributed by atoms with Crippen LogP contribution in [0.4, 0.5) is 0 Å². The van der Waals surface area contributed by atoms with Crippen LogP contribution in [0.1, 0.15) is 91.1 Å². The van der Waals surface area contributed by atoms with Crippen molar-refractivity contribution in [2.45, 2.75) is 78.3 Å². The molecule has 0 unspecified atom stereocenters. The van der Waals surface area contributed by atoms with Crippen molar-refractivity contribution in [2.24, 2.45) is 0 Å². The van der Waals surface area contributed by atoms with E-state index in [2.05, 4.69) is 125 Å². The second-order valence-electron chi connectivity index (χ2n) is 18.7. The molecule has 0 aliphatic heterocycles. The Hall–Kier alpha value is -7.04. The fourth-order valence-corrected chi connectivity index (χ4v) is 8.56. The summed E-state index contributed by atoms with van der Waals surface area (Å²) in [6, 6.07) is 54.7. The van der Waals surface area contributed by atoms with E-state index in [1.165, 1.54) is 17.7 Å². The van der Waals surface area contributed by atoms with Gasteiger partial charge in [0.2, 0.25) is 0 Å². The van der Waals surface area contributed by atoms with Gasteiger partial charge in [-0.2, -0.15) is 0 Å². The van der Waals surface area contributed by atoms with E-state index < -0.39 is 26.0 Å². The van der Waals surface area contributed by atoms with Gasteiger partial charge >= 0.3 is 0 Å². The molecule has 0 amide bonds. The highest BCUT2D eigenvalue weighted by Crippen LogP contribution is 2.45. The molecule has 2 heterocycles. The molecule has 0 atom stereocenters. The Morgan fingerprint density at radius 2 is 1.11 bits per heavy atom. The zero-order chi connectivity index (χ0) is 52.5. The lowest BCUT2D eigenvalue weighted by Crippen LogP contribution is -2.14. The Labute approximate surface area is 391 Å². The van der Waals surface area contributed by atoms with E-state index >= 15 is 0 Å². The number of benzene rings is 7. The summed E-state index contributed by atoms with van der Waals surface area (Å²) in [7, 11) is 0. The van der Waals surface area contributed by atoms with Gasteiger partial charge in [-0.05, 0) is 121 Å². The topological polar surface area (TPSA) is 50.9 Å². The highest BCUT2D eigenvalue weighted by atomic mass is 16.3. The fourth-order valence-electron chi connectivity index (χ4n) is 8.56. The van der Waals surface area contributed by atoms with Crippen molar-refractivity contribution in [3.05, 3.63) is 193 Å². The molecular formula is C60H57N3O. The van der Waals surface area contributed by atoms with Gasteiger partial charge in [-0.3, -0.25) is 9.55 Å². The summed E-state index contributed by atoms with van der Waals surface area (Å²) in [5.74, 6) is 0.668. The van der Waals surface area contributed by atoms with Gasteiger partial charge in [0.05, 0.1) is 28.0 Å². The lowest BCUT2D eigenvalue weighted by molar-refractivity contribution is 0.477. The minimum absolute atomic E-state index is 0.0974. The van der Waals surface area contributed by atoms with E-state index in [4.69, 9.17) is 22.3 Å². The molecule has 2 aromatic heterocycles. The van der Waals surface area contributed by atoms with Gasteiger partial charge < -0.3 is 5.11 Å². The van der Waals surface area contributed by atoms with E-state index in [0.717, 1.165) is 61.2 Å². The summed E-state index contributed by atoms with van der Waals surface area (Å²) in [4.78, 5) is 10.3. The zero-order valence-electron chi connectivity index (χ0n) is 46.0. The quantitative estimate of drug-likeness (QED) is 0.174. The van der Waals surface area contributed by atoms with Crippen LogP contribution in [0.15, 0.2) is 176 Å². The molecule has 0 radical (unpaired) electrons. The maximum atomic E-state index is 11.6. The number of aromatic hydroxyl groups is 1. The molecule has 1 N–H and O–H groups in total. The summed E-state index contributed by atoms with van der Waals surface area (Å²) in [5, 5.41) is 11.6. The number of fused-ring (bicyclic) bond motifs is 1. The van der Waals surface area contributed by atoms with Gasteiger partial charge in [-0.1, -0.05) is 177 Å². The average Bonchev–Trinajstić information content (AvgIpc) is 3.72. The smallest absolute Gasteiger partial charge is 0.149 e. The molecule has 318 valence electrons. The molecular weight excluding hydrogens is 779 g/mol. The molecule has 7 aromatic carbocycles. The van der Waals surface area contributed by atoms with Crippen molar-refractivity contribution in [3.63, 3.8) is 0 Å². The second-order valence-corrected chi connectivity index (χ2v) is 18.7. The van der Waals surface area contributed by atoms with Crippen LogP contribution in [0, 0.1) is 0 Å². The number of hydrogen-bond donors (Lipinski definition) is 1. The van der Waals surface area contributed by atoms with Gasteiger partial charge in [0.15, 0.2) is 0 Å². The number of nitrogens with zero attached hydrogens (tertiary/aromatic N) is 3. The molecule has 0 saturated heterocycles. The van der Waals surface area contributed by atoms with Crippen molar-refractivity contribution in [1.29, 1.82) is 0 Å². The molecule has 0 saturated carbocycles. The first-order valence-electron chi connectivity index (χ1n) is 26.1. The summed E-state index contributed by atoms with van der Waals surface area (Å²) in [5.41, 5.74) is 10.1. The van der Waals surface area contributed by atoms with Crippen molar-refractivity contribution in [3.8, 4) is 78.6 Å². The van der Waals surface area contributed by atoms with Crippen molar-refractivity contribution < 1.29 is 17.4 Å². The molecule has 4 heteroatoms. The molecule has 4 nitrogen and oxygen atoms in total. The Morgan fingerprint density at radius 3 is 1.77 bits per heavy atom. The molecule has 9 aromatic rings. The molecule has 0 spiro atoms. The highest BCUT2D eigenvalue weighted by molar-refractivity contribution is 5.98. The maximum absolute atomic E-state index is 11.6. The first kappa shape index (κ1) is 32.6. The Bertz CT molecular complexity index is 3450. The van der Waals surface area contributed by atoms with Gasteiger partial charge in [0.25, 0.3) is 0 Å². The monoisotopic (exact) mass is 845 g/mol. The van der Waals surface area contributed by atoms with E-state index in [0.29, 0.717) is 28.2 Å². The largest absolute Gasteiger partial charge is 0.507 e. The lowest BCUT2D eigenvalue weighted by Gasteiger charge is -2.27. The number of para-hydroxylation sites is 2. The Morgan fingerprint density at radius 1 is 0.469 bits per heavy atom. The second kappa shape index (κ2) is 16.3. The third kappa shape index (κ3) is 8.17. The van der Waals surface area contributed by atoms with Crippen LogP contribution >= 0.6 is 0 Å². The summed E-state index contributed by atoms with van der Waals surface area (Å²) >= 11 is 0. The van der Waals surface area contributed by atoms with Gasteiger partial charge in [0.1, 0.15) is 11.6 Å². The first-order chi connectivity index (χ1) is 34.3. The van der Waals surface area contributed by atoms with Crippen LogP contribution in [-0.4, -0.2) is 19.6 Å². The van der Waals surface area contributed by atoms with E-state index in [1.807, 2.05) is 54.6 Å². The Balaban J connectivity index is 1.26. The van der Waals surface area contributed by atoms with Crippen LogP contribution in [0.2, 0.25) is 0 Å². The van der Waals surface area contributed by atoms with Crippen molar-refractivity contribution in [1.82, 2.24) is 14.5 Å². The number of hydrogen-bond acceptors (Lipinski definition) is 3. The molecule has 64 heavy (non-hydrogen) atoms. The number of pyridine rings is 1. The van der Waals surface area contributed by atoms with Gasteiger partial charge in [-0.15, -0.1) is 0 Å². The standard InChI is InChI=1S/C60H57N3O/c1-58(2,3)45-29-27-39(28-30-45)42-31-32-61-52(36-42)44-33-43(34-46(35-44)59(4,5)6)47-24-18-25-53-56(47)62-57(48-23-16-17-26-55(48)64)63(53)54-38-49(40-19-12-10-13-20-40)51(60(7,8)9)37-50(54)41-21-14-11-15-22-41/h10-38,64H,1-9H3/i1D3,2D3,3D3. The van der Waals surface area contributed by atoms with Gasteiger partial charge in [0, 0.05) is 35.2 Å². The van der Waals surface area contributed by atoms with Crippen LogP contribution < -0.4 is 0 Å². The fraction of sp³-hybridized carbons (Fsp3) is 0.200. The highest BCUT2D eigenvalue weighted by Gasteiger charge is 2.27. The predicted molar refractivity (Wildman–Crippen MR) is 269 cm³/mol. The van der Waals surface area contributed by atoms with Crippen molar-refractivity contribution in [2.75, 3.05) is 0 Å². The molecule has 0 fully saturated rings. The SMILES string of the molecule is [2H]C([2H])([2H])C(c1ccc(-c2ccnc(-c3cc(-c4cccc5c4nc(-c4ccccc4O)n5-c4cc(-c5ccccc5)c(C(C)(C)C)cc4-c4ccccc4)cc(C(C)(C)C)c3)c2)cc1)(C([2H])([2H])[2H])C([2H])([2H])[2H]. The lowest BCUT2D eigenvalue weighted by atomic mass is 9.79. The summed E-state index contributed by atoms with van der Waals surface area (Å²) in [6.07, 6.45) is 1.68. The maximum Gasteiger partial charge on any atom is 0.149 e. The number of aromatic nitrogens is 3. The van der Waals surface area contributed by atoms with Crippen LogP contribution in [-0.2, 0) is 16.2 Å². The van der Waals surface area contributed by atoms with Crippen LogP contribution in [0.25, 0.3) is 83.9 Å². The summed E-state index contributed by atoms with van der Waals surface area (Å²) < 4.78 is 76.0. The minimum atomic E-state index is -3.37. The van der Waals surface area contributed by atoms with Gasteiger partial charge in [-0.25, -0.2) is 4.98 Å². The number of rotatable bonds is 7. The Kier molecular flexibility index (Phi) is 8.28. The predicted octanol–water partition coefficient (Wildman–Crippen LogP) is 16.0. The zero-order valence-corrected chi connectivity index (χ0v) is 37.0. The first-order valence-corrected chi connectivity index (χ1v) is 21.6. The summed E-state index contributed by atoms with van der Waals surface area (Å²) in [6.45, 7) is 3.07. The van der Waals surface area contributed by atoms with E-state index in [-0.39, 0.29) is 22.1 Å².